The summed E-state index contributed by atoms with van der Waals surface area (Å²) < 4.78 is 0. The van der Waals surface area contributed by atoms with Crippen LogP contribution in [0.25, 0.3) is 0 Å². The van der Waals surface area contributed by atoms with Crippen LogP contribution < -0.4 is 11.1 Å². The van der Waals surface area contributed by atoms with Gasteiger partial charge < -0.3 is 11.1 Å². The zero-order chi connectivity index (χ0) is 15.3. The van der Waals surface area contributed by atoms with Gasteiger partial charge in [0.2, 0.25) is 0 Å². The fraction of sp³-hybridized carbons (Fsp3) is 0.529. The van der Waals surface area contributed by atoms with Crippen LogP contribution in [0.15, 0.2) is 29.3 Å². The Labute approximate surface area is 151 Å². The van der Waals surface area contributed by atoms with E-state index in [1.807, 2.05) is 18.2 Å². The third-order valence-corrected chi connectivity index (χ3v) is 3.32. The van der Waals surface area contributed by atoms with Crippen molar-refractivity contribution in [3.63, 3.8) is 0 Å². The zero-order valence-electron chi connectivity index (χ0n) is 13.3. The average Bonchev–Trinajstić information content (AvgIpc) is 2.52. The minimum atomic E-state index is 0. The van der Waals surface area contributed by atoms with Crippen molar-refractivity contribution >= 4 is 29.9 Å². The van der Waals surface area contributed by atoms with Crippen molar-refractivity contribution in [2.24, 2.45) is 10.7 Å². The molecule has 0 spiro atoms. The summed E-state index contributed by atoms with van der Waals surface area (Å²) in [5.41, 5.74) is 7.48. The summed E-state index contributed by atoms with van der Waals surface area (Å²) in [6.45, 7) is 3.61. The van der Waals surface area contributed by atoms with E-state index in [-0.39, 0.29) is 24.0 Å². The molecule has 1 aromatic carbocycles. The third-order valence-electron chi connectivity index (χ3n) is 3.32. The Hall–Kier alpha value is -1.29. The lowest BCUT2D eigenvalue weighted by molar-refractivity contribution is 0.601. The van der Waals surface area contributed by atoms with Gasteiger partial charge in [0, 0.05) is 6.54 Å². The Morgan fingerprint density at radius 1 is 1.23 bits per heavy atom. The molecule has 0 bridgehead atoms. The highest BCUT2D eigenvalue weighted by atomic mass is 127. The Morgan fingerprint density at radius 2 is 1.95 bits per heavy atom. The summed E-state index contributed by atoms with van der Waals surface area (Å²) in [6.07, 6.45) is 7.61. The maximum atomic E-state index is 8.84. The van der Waals surface area contributed by atoms with Crippen LogP contribution in [0, 0.1) is 11.3 Å². The highest BCUT2D eigenvalue weighted by Gasteiger charge is 1.96. The molecule has 5 heteroatoms. The lowest BCUT2D eigenvalue weighted by Gasteiger charge is -2.05. The van der Waals surface area contributed by atoms with E-state index in [1.54, 1.807) is 6.07 Å². The van der Waals surface area contributed by atoms with E-state index in [4.69, 9.17) is 11.0 Å². The molecule has 0 aliphatic heterocycles. The lowest BCUT2D eigenvalue weighted by Crippen LogP contribution is -2.32. The average molecular weight is 414 g/mol. The smallest absolute Gasteiger partial charge is 0.188 e. The number of nitrogens with one attached hydrogen (secondary N) is 1. The fourth-order valence-corrected chi connectivity index (χ4v) is 2.09. The van der Waals surface area contributed by atoms with Crippen molar-refractivity contribution in [2.45, 2.75) is 52.0 Å². The first-order chi connectivity index (χ1) is 10.3. The van der Waals surface area contributed by atoms with Crippen molar-refractivity contribution < 1.29 is 0 Å². The van der Waals surface area contributed by atoms with Gasteiger partial charge in [0.05, 0.1) is 18.2 Å². The molecular formula is C17H27IN4. The number of nitrogens with two attached hydrogens (primary N) is 1. The molecule has 1 rings (SSSR count). The van der Waals surface area contributed by atoms with Crippen molar-refractivity contribution in [1.29, 1.82) is 5.26 Å². The minimum Gasteiger partial charge on any atom is -0.370 e. The normalized spacial score (nSPS) is 10.6. The van der Waals surface area contributed by atoms with Crippen LogP contribution in [0.2, 0.25) is 0 Å². The van der Waals surface area contributed by atoms with Crippen LogP contribution in [0.1, 0.15) is 56.6 Å². The van der Waals surface area contributed by atoms with Crippen molar-refractivity contribution in [3.05, 3.63) is 35.4 Å². The molecule has 0 saturated heterocycles. The second kappa shape index (κ2) is 13.4. The second-order valence-corrected chi connectivity index (χ2v) is 5.21. The van der Waals surface area contributed by atoms with Crippen LogP contribution >= 0.6 is 24.0 Å². The van der Waals surface area contributed by atoms with Gasteiger partial charge in [0.15, 0.2) is 5.96 Å². The maximum absolute atomic E-state index is 8.84. The van der Waals surface area contributed by atoms with Crippen molar-refractivity contribution in [1.82, 2.24) is 5.32 Å². The van der Waals surface area contributed by atoms with E-state index in [1.165, 1.54) is 32.1 Å². The van der Waals surface area contributed by atoms with Gasteiger partial charge in [-0.05, 0) is 24.1 Å². The standard InChI is InChI=1S/C17H26N4.HI/c1-2-3-4-5-6-7-11-20-17(19)21-14-16-10-8-9-15(12-16)13-18;/h8-10,12H,2-7,11,14H2,1H3,(H3,19,20,21);1H. The predicted octanol–water partition coefficient (Wildman–Crippen LogP) is 3.94. The van der Waals surface area contributed by atoms with Crippen molar-refractivity contribution in [2.75, 3.05) is 6.54 Å². The SMILES string of the molecule is CCCCCCCCNC(N)=NCc1cccc(C#N)c1.I. The highest BCUT2D eigenvalue weighted by Crippen LogP contribution is 2.05. The first-order valence-corrected chi connectivity index (χ1v) is 7.79. The van der Waals surface area contributed by atoms with Crippen LogP contribution in [-0.2, 0) is 6.54 Å². The number of unbranched alkanes of at least 4 members (excludes halogenated alkanes) is 5. The maximum Gasteiger partial charge on any atom is 0.188 e. The molecule has 0 aliphatic rings. The van der Waals surface area contributed by atoms with Gasteiger partial charge >= 0.3 is 0 Å². The number of aliphatic imine (C=N–C) groups is 1. The van der Waals surface area contributed by atoms with E-state index in [0.29, 0.717) is 18.1 Å². The number of nitriles is 1. The molecule has 0 unspecified atom stereocenters. The molecule has 0 saturated carbocycles. The van der Waals surface area contributed by atoms with E-state index in [0.717, 1.165) is 18.5 Å². The lowest BCUT2D eigenvalue weighted by atomic mass is 10.1. The van der Waals surface area contributed by atoms with Gasteiger partial charge in [-0.3, -0.25) is 0 Å². The quantitative estimate of drug-likeness (QED) is 0.278. The van der Waals surface area contributed by atoms with Gasteiger partial charge in [-0.1, -0.05) is 51.2 Å². The first-order valence-electron chi connectivity index (χ1n) is 7.79. The molecule has 22 heavy (non-hydrogen) atoms. The number of halogens is 1. The molecule has 0 radical (unpaired) electrons. The summed E-state index contributed by atoms with van der Waals surface area (Å²) in [5, 5.41) is 12.0. The summed E-state index contributed by atoms with van der Waals surface area (Å²) in [6, 6.07) is 9.56. The molecule has 0 heterocycles. The Bertz CT molecular complexity index is 480. The van der Waals surface area contributed by atoms with Crippen LogP contribution in [-0.4, -0.2) is 12.5 Å². The number of benzene rings is 1. The van der Waals surface area contributed by atoms with E-state index in [2.05, 4.69) is 23.3 Å². The highest BCUT2D eigenvalue weighted by molar-refractivity contribution is 14.0. The summed E-state index contributed by atoms with van der Waals surface area (Å²) in [4.78, 5) is 4.29. The van der Waals surface area contributed by atoms with Crippen LogP contribution in [0.3, 0.4) is 0 Å². The largest absolute Gasteiger partial charge is 0.370 e. The molecule has 1 aromatic rings. The number of rotatable bonds is 9. The number of nitrogens with zero attached hydrogens (tertiary/aromatic N) is 2. The molecule has 0 fully saturated rings. The molecule has 0 aliphatic carbocycles. The number of guanidine groups is 1. The Balaban J connectivity index is 0.00000441. The predicted molar refractivity (Wildman–Crippen MR) is 103 cm³/mol. The first kappa shape index (κ1) is 20.7. The van der Waals surface area contributed by atoms with Crippen LogP contribution in [0.5, 0.6) is 0 Å². The van der Waals surface area contributed by atoms with E-state index < -0.39 is 0 Å². The molecule has 122 valence electrons. The summed E-state index contributed by atoms with van der Waals surface area (Å²) >= 11 is 0. The molecule has 0 aromatic heterocycles. The zero-order valence-corrected chi connectivity index (χ0v) is 15.7. The number of hydrogen-bond acceptors (Lipinski definition) is 2. The van der Waals surface area contributed by atoms with Gasteiger partial charge in [-0.2, -0.15) is 5.26 Å². The van der Waals surface area contributed by atoms with E-state index in [9.17, 15) is 0 Å². The molecule has 0 amide bonds. The molecule has 0 atom stereocenters. The van der Waals surface area contributed by atoms with Crippen LogP contribution in [0.4, 0.5) is 0 Å². The topological polar surface area (TPSA) is 74.2 Å². The Morgan fingerprint density at radius 3 is 2.68 bits per heavy atom. The molecule has 4 nitrogen and oxygen atoms in total. The van der Waals surface area contributed by atoms with E-state index >= 15 is 0 Å². The van der Waals surface area contributed by atoms with Gasteiger partial charge in [-0.25, -0.2) is 4.99 Å². The summed E-state index contributed by atoms with van der Waals surface area (Å²) in [7, 11) is 0. The number of hydrogen-bond donors (Lipinski definition) is 2. The minimum absolute atomic E-state index is 0. The van der Waals surface area contributed by atoms with Gasteiger partial charge in [0.25, 0.3) is 0 Å². The second-order valence-electron chi connectivity index (χ2n) is 5.21. The molecule has 3 N–H and O–H groups in total. The Kier molecular flexibility index (Phi) is 12.6. The van der Waals surface area contributed by atoms with Crippen molar-refractivity contribution in [3.8, 4) is 6.07 Å². The van der Waals surface area contributed by atoms with Gasteiger partial charge in [0.1, 0.15) is 0 Å². The fourth-order valence-electron chi connectivity index (χ4n) is 2.09. The summed E-state index contributed by atoms with van der Waals surface area (Å²) in [5.74, 6) is 0.478. The van der Waals surface area contributed by atoms with Gasteiger partial charge in [-0.15, -0.1) is 24.0 Å². The monoisotopic (exact) mass is 414 g/mol. The third kappa shape index (κ3) is 9.61. The molecular weight excluding hydrogens is 387 g/mol.